The quantitative estimate of drug-likeness (QED) is 0.792. The number of ether oxygens (including phenoxy) is 2. The molecule has 2 rings (SSSR count). The van der Waals surface area contributed by atoms with Crippen LogP contribution in [0.5, 0.6) is 0 Å². The molecule has 2 aromatic rings. The summed E-state index contributed by atoms with van der Waals surface area (Å²) in [6.07, 6.45) is 0. The number of sulfonamides is 1. The summed E-state index contributed by atoms with van der Waals surface area (Å²) in [5.74, 6) is -1.03. The van der Waals surface area contributed by atoms with Gasteiger partial charge in [0.1, 0.15) is 0 Å². The first-order chi connectivity index (χ1) is 11.9. The van der Waals surface area contributed by atoms with Gasteiger partial charge < -0.3 is 9.47 Å². The zero-order chi connectivity index (χ0) is 18.4. The molecule has 0 saturated carbocycles. The van der Waals surface area contributed by atoms with Crippen molar-refractivity contribution in [2.24, 2.45) is 0 Å². The van der Waals surface area contributed by atoms with Crippen molar-refractivity contribution in [1.82, 2.24) is 0 Å². The highest BCUT2D eigenvalue weighted by atomic mass is 32.2. The van der Waals surface area contributed by atoms with Crippen LogP contribution in [0, 0.1) is 0 Å². The average Bonchev–Trinajstić information content (AvgIpc) is 2.61. The van der Waals surface area contributed by atoms with Crippen LogP contribution in [0.4, 0.5) is 5.69 Å². The second-order valence-corrected chi connectivity index (χ2v) is 6.60. The van der Waals surface area contributed by atoms with Gasteiger partial charge in [0, 0.05) is 5.69 Å². The van der Waals surface area contributed by atoms with E-state index in [1.54, 1.807) is 6.92 Å². The summed E-state index contributed by atoms with van der Waals surface area (Å²) >= 11 is 0. The van der Waals surface area contributed by atoms with Crippen LogP contribution in [0.1, 0.15) is 27.6 Å². The number of hydrogen-bond acceptors (Lipinski definition) is 6. The summed E-state index contributed by atoms with van der Waals surface area (Å²) in [5, 5.41) is 0. The number of carbonyl (C=O) groups excluding carboxylic acids is 2. The van der Waals surface area contributed by atoms with Crippen molar-refractivity contribution in [2.75, 3.05) is 18.4 Å². The standard InChI is InChI=1S/C17H17NO6S/c1-3-24-17(20)13-4-8-14(9-5-13)18-25(21,22)15-10-6-12(7-11-15)16(19)23-2/h4-11,18H,3H2,1-2H3. The molecule has 2 aromatic carbocycles. The maximum Gasteiger partial charge on any atom is 0.338 e. The molecule has 0 spiro atoms. The first-order valence-corrected chi connectivity index (χ1v) is 8.84. The van der Waals surface area contributed by atoms with Crippen molar-refractivity contribution in [1.29, 1.82) is 0 Å². The predicted molar refractivity (Wildman–Crippen MR) is 91.0 cm³/mol. The summed E-state index contributed by atoms with van der Waals surface area (Å²) in [5.41, 5.74) is 0.873. The van der Waals surface area contributed by atoms with Crippen LogP contribution in [-0.4, -0.2) is 34.1 Å². The number of benzene rings is 2. The maximum absolute atomic E-state index is 12.4. The minimum Gasteiger partial charge on any atom is -0.465 e. The molecule has 0 aliphatic carbocycles. The summed E-state index contributed by atoms with van der Waals surface area (Å²) in [4.78, 5) is 22.9. The lowest BCUT2D eigenvalue weighted by Gasteiger charge is -2.09. The van der Waals surface area contributed by atoms with Crippen LogP contribution in [0.25, 0.3) is 0 Å². The molecule has 0 heterocycles. The van der Waals surface area contributed by atoms with Gasteiger partial charge in [-0.05, 0) is 55.5 Å². The number of esters is 2. The van der Waals surface area contributed by atoms with E-state index < -0.39 is 22.0 Å². The Balaban J connectivity index is 2.15. The Morgan fingerprint density at radius 2 is 1.44 bits per heavy atom. The molecule has 0 unspecified atom stereocenters. The van der Waals surface area contributed by atoms with Gasteiger partial charge in [-0.3, -0.25) is 4.72 Å². The van der Waals surface area contributed by atoms with Gasteiger partial charge in [-0.15, -0.1) is 0 Å². The minimum absolute atomic E-state index is 0.00498. The van der Waals surface area contributed by atoms with E-state index in [1.165, 1.54) is 55.6 Å². The first-order valence-electron chi connectivity index (χ1n) is 7.35. The Hall–Kier alpha value is -2.87. The fraction of sp³-hybridized carbons (Fsp3) is 0.176. The van der Waals surface area contributed by atoms with E-state index in [9.17, 15) is 18.0 Å². The summed E-state index contributed by atoms with van der Waals surface area (Å²) in [7, 11) is -2.58. The molecule has 0 aromatic heterocycles. The molecule has 25 heavy (non-hydrogen) atoms. The van der Waals surface area contributed by atoms with Crippen molar-refractivity contribution >= 4 is 27.6 Å². The van der Waals surface area contributed by atoms with Crippen LogP contribution < -0.4 is 4.72 Å². The van der Waals surface area contributed by atoms with Gasteiger partial charge in [0.05, 0.1) is 29.7 Å². The Labute approximate surface area is 145 Å². The third-order valence-corrected chi connectivity index (χ3v) is 4.63. The summed E-state index contributed by atoms with van der Waals surface area (Å²) < 4.78 is 36.5. The van der Waals surface area contributed by atoms with E-state index in [2.05, 4.69) is 9.46 Å². The highest BCUT2D eigenvalue weighted by Crippen LogP contribution is 2.18. The van der Waals surface area contributed by atoms with Gasteiger partial charge in [0.15, 0.2) is 0 Å². The highest BCUT2D eigenvalue weighted by Gasteiger charge is 2.16. The van der Waals surface area contributed by atoms with E-state index in [0.717, 1.165) is 0 Å². The minimum atomic E-state index is -3.82. The number of hydrogen-bond donors (Lipinski definition) is 1. The number of rotatable bonds is 6. The normalized spacial score (nSPS) is 10.8. The van der Waals surface area contributed by atoms with Crippen molar-refractivity contribution < 1.29 is 27.5 Å². The van der Waals surface area contributed by atoms with Crippen LogP contribution in [0.3, 0.4) is 0 Å². The first kappa shape index (κ1) is 18.5. The molecule has 0 fully saturated rings. The lowest BCUT2D eigenvalue weighted by molar-refractivity contribution is 0.0525. The summed E-state index contributed by atoms with van der Waals surface area (Å²) in [6, 6.07) is 11.2. The Morgan fingerprint density at radius 1 is 0.920 bits per heavy atom. The number of carbonyl (C=O) groups is 2. The maximum atomic E-state index is 12.4. The Bertz CT molecular complexity index is 857. The van der Waals surface area contributed by atoms with E-state index in [1.807, 2.05) is 0 Å². The number of anilines is 1. The lowest BCUT2D eigenvalue weighted by atomic mass is 10.2. The zero-order valence-electron chi connectivity index (χ0n) is 13.7. The third kappa shape index (κ3) is 4.57. The molecule has 0 aliphatic heterocycles. The lowest BCUT2D eigenvalue weighted by Crippen LogP contribution is -2.13. The fourth-order valence-electron chi connectivity index (χ4n) is 1.99. The molecule has 0 saturated heterocycles. The molecular weight excluding hydrogens is 346 g/mol. The molecule has 0 amide bonds. The topological polar surface area (TPSA) is 98.8 Å². The van der Waals surface area contributed by atoms with Crippen LogP contribution in [0.15, 0.2) is 53.4 Å². The van der Waals surface area contributed by atoms with Crippen LogP contribution in [0.2, 0.25) is 0 Å². The second-order valence-electron chi connectivity index (χ2n) is 4.92. The molecule has 132 valence electrons. The van der Waals surface area contributed by atoms with Crippen molar-refractivity contribution in [3.05, 3.63) is 59.7 Å². The van der Waals surface area contributed by atoms with E-state index in [0.29, 0.717) is 11.3 Å². The average molecular weight is 363 g/mol. The van der Waals surface area contributed by atoms with Gasteiger partial charge in [-0.1, -0.05) is 0 Å². The SMILES string of the molecule is CCOC(=O)c1ccc(NS(=O)(=O)c2ccc(C(=O)OC)cc2)cc1. The molecular formula is C17H17NO6S. The van der Waals surface area contributed by atoms with E-state index in [4.69, 9.17) is 4.74 Å². The van der Waals surface area contributed by atoms with Crippen molar-refractivity contribution in [3.63, 3.8) is 0 Å². The van der Waals surface area contributed by atoms with Crippen molar-refractivity contribution in [3.8, 4) is 0 Å². The van der Waals surface area contributed by atoms with Gasteiger partial charge >= 0.3 is 11.9 Å². The van der Waals surface area contributed by atoms with Gasteiger partial charge in [-0.25, -0.2) is 18.0 Å². The third-order valence-electron chi connectivity index (χ3n) is 3.23. The van der Waals surface area contributed by atoms with E-state index >= 15 is 0 Å². The molecule has 0 aliphatic rings. The smallest absolute Gasteiger partial charge is 0.338 e. The molecule has 0 radical (unpaired) electrons. The summed E-state index contributed by atoms with van der Waals surface area (Å²) in [6.45, 7) is 1.96. The number of nitrogens with one attached hydrogen (secondary N) is 1. The van der Waals surface area contributed by atoms with Crippen LogP contribution >= 0.6 is 0 Å². The van der Waals surface area contributed by atoms with Gasteiger partial charge in [-0.2, -0.15) is 0 Å². The largest absolute Gasteiger partial charge is 0.465 e. The zero-order valence-corrected chi connectivity index (χ0v) is 14.5. The second kappa shape index (κ2) is 7.80. The highest BCUT2D eigenvalue weighted by molar-refractivity contribution is 7.92. The molecule has 0 atom stereocenters. The van der Waals surface area contributed by atoms with Gasteiger partial charge in [0.25, 0.3) is 10.0 Å². The molecule has 1 N–H and O–H groups in total. The Kier molecular flexibility index (Phi) is 5.76. The molecule has 7 nitrogen and oxygen atoms in total. The fourth-order valence-corrected chi connectivity index (χ4v) is 3.05. The number of methoxy groups -OCH3 is 1. The Morgan fingerprint density at radius 3 is 1.96 bits per heavy atom. The van der Waals surface area contributed by atoms with Gasteiger partial charge in [0.2, 0.25) is 0 Å². The predicted octanol–water partition coefficient (Wildman–Crippen LogP) is 2.45. The molecule has 8 heteroatoms. The van der Waals surface area contributed by atoms with Crippen LogP contribution in [-0.2, 0) is 19.5 Å². The van der Waals surface area contributed by atoms with Crippen molar-refractivity contribution in [2.45, 2.75) is 11.8 Å². The molecule has 0 bridgehead atoms. The monoisotopic (exact) mass is 363 g/mol. The van der Waals surface area contributed by atoms with E-state index in [-0.39, 0.29) is 17.1 Å².